The van der Waals surface area contributed by atoms with Gasteiger partial charge < -0.3 is 9.64 Å². The second-order valence-electron chi connectivity index (χ2n) is 6.44. The number of benzene rings is 2. The number of piperazine rings is 1. The highest BCUT2D eigenvalue weighted by molar-refractivity contribution is 5.46. The first-order valence-corrected chi connectivity index (χ1v) is 9.09. The Hall–Kier alpha value is -2.00. The van der Waals surface area contributed by atoms with Crippen LogP contribution in [0.2, 0.25) is 0 Å². The Morgan fingerprint density at radius 2 is 1.58 bits per heavy atom. The van der Waals surface area contributed by atoms with E-state index in [4.69, 9.17) is 4.74 Å². The van der Waals surface area contributed by atoms with Gasteiger partial charge in [-0.2, -0.15) is 0 Å². The van der Waals surface area contributed by atoms with E-state index in [-0.39, 0.29) is 0 Å². The molecule has 0 radical (unpaired) electrons. The fourth-order valence-corrected chi connectivity index (χ4v) is 3.09. The van der Waals surface area contributed by atoms with Gasteiger partial charge in [-0.3, -0.25) is 4.90 Å². The van der Waals surface area contributed by atoms with Gasteiger partial charge >= 0.3 is 0 Å². The fourth-order valence-electron chi connectivity index (χ4n) is 3.09. The van der Waals surface area contributed by atoms with Crippen molar-refractivity contribution in [3.05, 3.63) is 60.2 Å². The van der Waals surface area contributed by atoms with Gasteiger partial charge in [-0.1, -0.05) is 43.7 Å². The Kier molecular flexibility index (Phi) is 6.13. The Bertz CT molecular complexity index is 589. The minimum absolute atomic E-state index is 0.817. The van der Waals surface area contributed by atoms with Crippen LogP contribution < -0.4 is 9.64 Å². The molecule has 1 saturated heterocycles. The second kappa shape index (κ2) is 8.74. The maximum atomic E-state index is 5.73. The van der Waals surface area contributed by atoms with Crippen LogP contribution >= 0.6 is 0 Å². The van der Waals surface area contributed by atoms with E-state index in [1.165, 1.54) is 17.7 Å². The first-order chi connectivity index (χ1) is 11.8. The summed E-state index contributed by atoms with van der Waals surface area (Å²) >= 11 is 0. The van der Waals surface area contributed by atoms with Gasteiger partial charge in [0.05, 0.1) is 6.61 Å². The molecule has 1 aliphatic rings. The zero-order valence-electron chi connectivity index (χ0n) is 14.7. The lowest BCUT2D eigenvalue weighted by molar-refractivity contribution is 0.249. The van der Waals surface area contributed by atoms with Crippen molar-refractivity contribution in [1.82, 2.24) is 4.90 Å². The summed E-state index contributed by atoms with van der Waals surface area (Å²) in [7, 11) is 0. The van der Waals surface area contributed by atoms with E-state index in [0.717, 1.165) is 51.5 Å². The van der Waals surface area contributed by atoms with Crippen molar-refractivity contribution >= 4 is 5.69 Å². The van der Waals surface area contributed by atoms with Gasteiger partial charge in [0.15, 0.2) is 0 Å². The monoisotopic (exact) mass is 324 g/mol. The average Bonchev–Trinajstić information content (AvgIpc) is 2.65. The van der Waals surface area contributed by atoms with Crippen LogP contribution in [0.25, 0.3) is 0 Å². The van der Waals surface area contributed by atoms with Crippen LogP contribution in [0, 0.1) is 0 Å². The smallest absolute Gasteiger partial charge is 0.119 e. The Morgan fingerprint density at radius 1 is 0.875 bits per heavy atom. The summed E-state index contributed by atoms with van der Waals surface area (Å²) in [5.41, 5.74) is 2.71. The number of ether oxygens (including phenoxy) is 1. The Morgan fingerprint density at radius 3 is 2.25 bits per heavy atom. The summed E-state index contributed by atoms with van der Waals surface area (Å²) < 4.78 is 5.73. The molecule has 0 aromatic heterocycles. The molecule has 24 heavy (non-hydrogen) atoms. The molecule has 3 nitrogen and oxygen atoms in total. The number of rotatable bonds is 7. The molecular formula is C21H28N2O. The predicted octanol–water partition coefficient (Wildman–Crippen LogP) is 4.19. The van der Waals surface area contributed by atoms with Crippen molar-refractivity contribution in [2.75, 3.05) is 37.7 Å². The quantitative estimate of drug-likeness (QED) is 0.710. The molecule has 1 heterocycles. The van der Waals surface area contributed by atoms with E-state index in [1.54, 1.807) is 0 Å². The van der Waals surface area contributed by atoms with Gasteiger partial charge in [0.2, 0.25) is 0 Å². The maximum absolute atomic E-state index is 5.73. The molecule has 3 heteroatoms. The van der Waals surface area contributed by atoms with Gasteiger partial charge in [-0.15, -0.1) is 0 Å². The molecule has 0 atom stereocenters. The molecule has 0 N–H and O–H groups in total. The molecule has 0 aliphatic carbocycles. The van der Waals surface area contributed by atoms with E-state index >= 15 is 0 Å². The Balaban J connectivity index is 1.46. The lowest BCUT2D eigenvalue weighted by atomic mass is 10.2. The van der Waals surface area contributed by atoms with Crippen LogP contribution in [0.15, 0.2) is 54.6 Å². The highest BCUT2D eigenvalue weighted by Gasteiger charge is 2.17. The van der Waals surface area contributed by atoms with E-state index < -0.39 is 0 Å². The second-order valence-corrected chi connectivity index (χ2v) is 6.44. The standard InChI is InChI=1S/C21H28N2O/c1-2-3-17-24-21-11-9-19(10-12-21)18-22-13-15-23(16-14-22)20-7-5-4-6-8-20/h4-12H,2-3,13-18H2,1H3. The van der Waals surface area contributed by atoms with Crippen molar-refractivity contribution in [3.8, 4) is 5.75 Å². The Labute approximate surface area is 145 Å². The molecule has 128 valence electrons. The first-order valence-electron chi connectivity index (χ1n) is 9.09. The summed E-state index contributed by atoms with van der Waals surface area (Å²) in [5.74, 6) is 0.987. The maximum Gasteiger partial charge on any atom is 0.119 e. The average molecular weight is 324 g/mol. The van der Waals surface area contributed by atoms with E-state index in [2.05, 4.69) is 71.3 Å². The van der Waals surface area contributed by atoms with Crippen molar-refractivity contribution in [1.29, 1.82) is 0 Å². The van der Waals surface area contributed by atoms with E-state index in [9.17, 15) is 0 Å². The van der Waals surface area contributed by atoms with Crippen molar-refractivity contribution in [2.24, 2.45) is 0 Å². The van der Waals surface area contributed by atoms with Gasteiger partial charge in [0, 0.05) is 38.4 Å². The normalized spacial score (nSPS) is 15.5. The summed E-state index contributed by atoms with van der Waals surface area (Å²) in [5, 5.41) is 0. The molecule has 0 bridgehead atoms. The van der Waals surface area contributed by atoms with Crippen LogP contribution in [0.5, 0.6) is 5.75 Å². The summed E-state index contributed by atoms with van der Waals surface area (Å²) in [4.78, 5) is 5.01. The number of unbranched alkanes of at least 4 members (excludes halogenated alkanes) is 1. The number of para-hydroxylation sites is 1. The van der Waals surface area contributed by atoms with E-state index in [1.807, 2.05) is 0 Å². The van der Waals surface area contributed by atoms with Gasteiger partial charge in [-0.05, 0) is 36.2 Å². The third-order valence-corrected chi connectivity index (χ3v) is 4.59. The minimum atomic E-state index is 0.817. The van der Waals surface area contributed by atoms with Crippen molar-refractivity contribution in [2.45, 2.75) is 26.3 Å². The highest BCUT2D eigenvalue weighted by atomic mass is 16.5. The molecule has 1 aliphatic heterocycles. The molecule has 0 unspecified atom stereocenters. The summed E-state index contributed by atoms with van der Waals surface area (Å²) in [6.07, 6.45) is 2.29. The first kappa shape index (κ1) is 16.8. The van der Waals surface area contributed by atoms with Crippen LogP contribution in [-0.2, 0) is 6.54 Å². The highest BCUT2D eigenvalue weighted by Crippen LogP contribution is 2.18. The number of nitrogens with zero attached hydrogens (tertiary/aromatic N) is 2. The largest absolute Gasteiger partial charge is 0.494 e. The van der Waals surface area contributed by atoms with Crippen LogP contribution in [-0.4, -0.2) is 37.7 Å². The molecule has 0 saturated carbocycles. The molecule has 2 aromatic rings. The van der Waals surface area contributed by atoms with Gasteiger partial charge in [-0.25, -0.2) is 0 Å². The molecule has 1 fully saturated rings. The van der Waals surface area contributed by atoms with E-state index in [0.29, 0.717) is 0 Å². The number of anilines is 1. The topological polar surface area (TPSA) is 15.7 Å². The third kappa shape index (κ3) is 4.75. The SMILES string of the molecule is CCCCOc1ccc(CN2CCN(c3ccccc3)CC2)cc1. The molecular weight excluding hydrogens is 296 g/mol. The van der Waals surface area contributed by atoms with Gasteiger partial charge in [0.1, 0.15) is 5.75 Å². The minimum Gasteiger partial charge on any atom is -0.494 e. The fraction of sp³-hybridized carbons (Fsp3) is 0.429. The lowest BCUT2D eigenvalue weighted by Gasteiger charge is -2.36. The third-order valence-electron chi connectivity index (χ3n) is 4.59. The van der Waals surface area contributed by atoms with Crippen LogP contribution in [0.1, 0.15) is 25.3 Å². The zero-order chi connectivity index (χ0) is 16.6. The predicted molar refractivity (Wildman–Crippen MR) is 101 cm³/mol. The van der Waals surface area contributed by atoms with Crippen molar-refractivity contribution < 1.29 is 4.74 Å². The molecule has 3 rings (SSSR count). The van der Waals surface area contributed by atoms with Gasteiger partial charge in [0.25, 0.3) is 0 Å². The zero-order valence-corrected chi connectivity index (χ0v) is 14.7. The molecule has 0 spiro atoms. The van der Waals surface area contributed by atoms with Crippen LogP contribution in [0.4, 0.5) is 5.69 Å². The summed E-state index contributed by atoms with van der Waals surface area (Å²) in [6, 6.07) is 19.3. The number of hydrogen-bond donors (Lipinski definition) is 0. The molecule has 0 amide bonds. The van der Waals surface area contributed by atoms with Crippen LogP contribution in [0.3, 0.4) is 0 Å². The summed E-state index contributed by atoms with van der Waals surface area (Å²) in [6.45, 7) is 8.46. The lowest BCUT2D eigenvalue weighted by Crippen LogP contribution is -2.45. The number of hydrogen-bond acceptors (Lipinski definition) is 3. The molecule has 2 aromatic carbocycles. The van der Waals surface area contributed by atoms with Crippen molar-refractivity contribution in [3.63, 3.8) is 0 Å².